The van der Waals surface area contributed by atoms with Gasteiger partial charge >= 0.3 is 0 Å². The van der Waals surface area contributed by atoms with Gasteiger partial charge in [0.1, 0.15) is 17.5 Å². The van der Waals surface area contributed by atoms with Crippen LogP contribution < -0.4 is 10.1 Å². The van der Waals surface area contributed by atoms with Crippen LogP contribution in [0.3, 0.4) is 0 Å². The van der Waals surface area contributed by atoms with Crippen molar-refractivity contribution in [2.24, 2.45) is 0 Å². The summed E-state index contributed by atoms with van der Waals surface area (Å²) in [7, 11) is 0. The van der Waals surface area contributed by atoms with Crippen molar-refractivity contribution in [2.75, 3.05) is 6.54 Å². The highest BCUT2D eigenvalue weighted by Gasteiger charge is 2.27. The van der Waals surface area contributed by atoms with Gasteiger partial charge in [0, 0.05) is 29.9 Å². The number of nitrogens with zero attached hydrogens (tertiary/aromatic N) is 4. The van der Waals surface area contributed by atoms with E-state index in [0.29, 0.717) is 24.2 Å². The molecule has 3 aromatic carbocycles. The summed E-state index contributed by atoms with van der Waals surface area (Å²) in [5, 5.41) is 7.93. The fourth-order valence-corrected chi connectivity index (χ4v) is 4.73. The molecule has 1 N–H and O–H groups in total. The van der Waals surface area contributed by atoms with Gasteiger partial charge in [-0.3, -0.25) is 14.8 Å². The maximum absolute atomic E-state index is 13.5. The van der Waals surface area contributed by atoms with Crippen LogP contribution in [0.25, 0.3) is 28.2 Å². The molecular weight excluding hydrogens is 462 g/mol. The molecule has 0 aliphatic carbocycles. The number of amides is 1. The number of hydrogen-bond donors (Lipinski definition) is 1. The number of fused-ring (bicyclic) bond motifs is 1. The lowest BCUT2D eigenvalue weighted by Crippen LogP contribution is -2.34. The molecule has 182 valence electrons. The highest BCUT2D eigenvalue weighted by molar-refractivity contribution is 6.01. The Kier molecular flexibility index (Phi) is 5.94. The first kappa shape index (κ1) is 22.7. The molecule has 1 amide bonds. The number of carbonyl (C=O) groups is 1. The van der Waals surface area contributed by atoms with Crippen LogP contribution in [0, 0.1) is 6.92 Å². The second-order valence-corrected chi connectivity index (χ2v) is 8.99. The van der Waals surface area contributed by atoms with Crippen LogP contribution in [0.2, 0.25) is 0 Å². The van der Waals surface area contributed by atoms with Gasteiger partial charge in [0.25, 0.3) is 5.91 Å². The van der Waals surface area contributed by atoms with E-state index in [1.54, 1.807) is 18.6 Å². The Morgan fingerprint density at radius 2 is 1.78 bits per heavy atom. The number of aromatic nitrogens is 4. The molecule has 2 aromatic heterocycles. The van der Waals surface area contributed by atoms with E-state index in [1.807, 2.05) is 84.4 Å². The number of hydrogen-bond acceptors (Lipinski definition) is 5. The van der Waals surface area contributed by atoms with E-state index in [-0.39, 0.29) is 12.0 Å². The van der Waals surface area contributed by atoms with Gasteiger partial charge in [-0.05, 0) is 42.8 Å². The molecule has 3 heterocycles. The fraction of sp³-hybridized carbons (Fsp3) is 0.133. The largest absolute Gasteiger partial charge is 0.488 e. The van der Waals surface area contributed by atoms with Crippen LogP contribution in [0.5, 0.6) is 5.75 Å². The highest BCUT2D eigenvalue weighted by Crippen LogP contribution is 2.32. The van der Waals surface area contributed by atoms with Gasteiger partial charge in [-0.25, -0.2) is 4.68 Å². The predicted octanol–water partition coefficient (Wildman–Crippen LogP) is 5.04. The van der Waals surface area contributed by atoms with Crippen LogP contribution in [-0.4, -0.2) is 38.3 Å². The van der Waals surface area contributed by atoms with Crippen LogP contribution in [0.4, 0.5) is 0 Å². The van der Waals surface area contributed by atoms with Gasteiger partial charge in [0.15, 0.2) is 0 Å². The number of nitrogens with one attached hydrogen (secondary N) is 1. The molecule has 37 heavy (non-hydrogen) atoms. The highest BCUT2D eigenvalue weighted by atomic mass is 16.5. The van der Waals surface area contributed by atoms with E-state index in [2.05, 4.69) is 21.4 Å². The van der Waals surface area contributed by atoms with E-state index in [0.717, 1.165) is 39.5 Å². The second kappa shape index (κ2) is 9.70. The van der Waals surface area contributed by atoms with Crippen LogP contribution in [0.15, 0.2) is 97.5 Å². The van der Waals surface area contributed by atoms with Crippen LogP contribution in [0.1, 0.15) is 21.6 Å². The van der Waals surface area contributed by atoms with Crippen molar-refractivity contribution >= 4 is 5.91 Å². The minimum absolute atomic E-state index is 0.152. The zero-order chi connectivity index (χ0) is 25.2. The SMILES string of the molecule is Cc1c(C(=O)NCC2Cc3cc(-c4cnccn4)ccc3O2)c(-c2ccccc2)nn1-c1ccccc1. The second-order valence-electron chi connectivity index (χ2n) is 8.99. The van der Waals surface area contributed by atoms with Gasteiger partial charge in [-0.2, -0.15) is 5.10 Å². The van der Waals surface area contributed by atoms with Gasteiger partial charge in [0.2, 0.25) is 0 Å². The fourth-order valence-electron chi connectivity index (χ4n) is 4.73. The Labute approximate surface area is 214 Å². The maximum Gasteiger partial charge on any atom is 0.255 e. The molecule has 0 radical (unpaired) electrons. The molecule has 0 saturated heterocycles. The van der Waals surface area contributed by atoms with E-state index < -0.39 is 0 Å². The zero-order valence-corrected chi connectivity index (χ0v) is 20.3. The Bertz CT molecular complexity index is 1550. The van der Waals surface area contributed by atoms with Gasteiger partial charge in [0.05, 0.1) is 35.4 Å². The number of rotatable bonds is 6. The Hall–Kier alpha value is -4.78. The normalized spacial score (nSPS) is 14.1. The summed E-state index contributed by atoms with van der Waals surface area (Å²) >= 11 is 0. The van der Waals surface area contributed by atoms with Crippen molar-refractivity contribution in [2.45, 2.75) is 19.4 Å². The summed E-state index contributed by atoms with van der Waals surface area (Å²) in [4.78, 5) is 22.1. The van der Waals surface area contributed by atoms with Crippen molar-refractivity contribution in [3.8, 4) is 34.0 Å². The van der Waals surface area contributed by atoms with Crippen molar-refractivity contribution in [1.82, 2.24) is 25.1 Å². The summed E-state index contributed by atoms with van der Waals surface area (Å²) in [5.74, 6) is 0.670. The Balaban J connectivity index is 1.22. The smallest absolute Gasteiger partial charge is 0.255 e. The summed E-state index contributed by atoms with van der Waals surface area (Å²) in [6.45, 7) is 2.31. The van der Waals surface area contributed by atoms with E-state index >= 15 is 0 Å². The molecule has 1 atom stereocenters. The minimum atomic E-state index is -0.168. The van der Waals surface area contributed by atoms with Crippen molar-refractivity contribution in [3.05, 3.63) is 114 Å². The summed E-state index contributed by atoms with van der Waals surface area (Å²) < 4.78 is 7.96. The first-order valence-electron chi connectivity index (χ1n) is 12.2. The monoisotopic (exact) mass is 487 g/mol. The molecule has 7 nitrogen and oxygen atoms in total. The lowest BCUT2D eigenvalue weighted by atomic mass is 10.0. The maximum atomic E-state index is 13.5. The topological polar surface area (TPSA) is 81.9 Å². The number of benzene rings is 3. The van der Waals surface area contributed by atoms with E-state index in [4.69, 9.17) is 9.84 Å². The lowest BCUT2D eigenvalue weighted by Gasteiger charge is -2.12. The molecule has 1 unspecified atom stereocenters. The summed E-state index contributed by atoms with van der Waals surface area (Å²) in [5.41, 5.74) is 6.72. The molecule has 7 heteroatoms. The molecule has 5 aromatic rings. The minimum Gasteiger partial charge on any atom is -0.488 e. The average molecular weight is 488 g/mol. The van der Waals surface area contributed by atoms with Gasteiger partial charge < -0.3 is 10.1 Å². The number of para-hydroxylation sites is 1. The van der Waals surface area contributed by atoms with Crippen LogP contribution in [-0.2, 0) is 6.42 Å². The lowest BCUT2D eigenvalue weighted by molar-refractivity contribution is 0.0933. The Morgan fingerprint density at radius 1 is 1.00 bits per heavy atom. The third-order valence-electron chi connectivity index (χ3n) is 6.54. The number of carbonyl (C=O) groups excluding carboxylic acids is 1. The molecule has 1 aliphatic rings. The van der Waals surface area contributed by atoms with Crippen molar-refractivity contribution in [1.29, 1.82) is 0 Å². The molecule has 0 saturated carbocycles. The molecule has 0 fully saturated rings. The third-order valence-corrected chi connectivity index (χ3v) is 6.54. The predicted molar refractivity (Wildman–Crippen MR) is 142 cm³/mol. The summed E-state index contributed by atoms with van der Waals surface area (Å²) in [6.07, 6.45) is 5.64. The quantitative estimate of drug-likeness (QED) is 0.363. The van der Waals surface area contributed by atoms with E-state index in [9.17, 15) is 4.79 Å². The Morgan fingerprint density at radius 3 is 2.54 bits per heavy atom. The standard InChI is InChI=1S/C30H25N5O2/c1-20-28(29(21-8-4-2-5-9-21)34-35(20)24-10-6-3-7-11-24)30(36)33-18-25-17-23-16-22(12-13-27(23)37-25)26-19-31-14-15-32-26/h2-16,19,25H,17-18H2,1H3,(H,33,36). The first-order valence-corrected chi connectivity index (χ1v) is 12.2. The molecular formula is C30H25N5O2. The molecule has 0 spiro atoms. The van der Waals surface area contributed by atoms with Gasteiger partial charge in [-0.15, -0.1) is 0 Å². The average Bonchev–Trinajstić information content (AvgIpc) is 3.53. The summed E-state index contributed by atoms with van der Waals surface area (Å²) in [6, 6.07) is 25.7. The first-order chi connectivity index (χ1) is 18.2. The van der Waals surface area contributed by atoms with Gasteiger partial charge in [-0.1, -0.05) is 48.5 Å². The molecule has 6 rings (SSSR count). The molecule has 1 aliphatic heterocycles. The zero-order valence-electron chi connectivity index (χ0n) is 20.3. The van der Waals surface area contributed by atoms with E-state index in [1.165, 1.54) is 0 Å². The molecule has 0 bridgehead atoms. The van der Waals surface area contributed by atoms with Crippen LogP contribution >= 0.6 is 0 Å². The third kappa shape index (κ3) is 4.47. The van der Waals surface area contributed by atoms with Crippen molar-refractivity contribution < 1.29 is 9.53 Å². The van der Waals surface area contributed by atoms with Crippen molar-refractivity contribution in [3.63, 3.8) is 0 Å². The number of ether oxygens (including phenoxy) is 1.